The lowest BCUT2D eigenvalue weighted by Crippen LogP contribution is -2.54. The minimum atomic E-state index is -1.65. The maximum absolute atomic E-state index is 6.44. The molecular formula is C40H42N3OSi+. The summed E-state index contributed by atoms with van der Waals surface area (Å²) in [5.74, 6) is 1.05. The third kappa shape index (κ3) is 4.66. The number of hydrogen-bond acceptors (Lipinski definition) is 3. The zero-order valence-corrected chi connectivity index (χ0v) is 27.8. The molecule has 8 rings (SSSR count). The summed E-state index contributed by atoms with van der Waals surface area (Å²) in [6, 6.07) is 20.1. The van der Waals surface area contributed by atoms with Crippen molar-refractivity contribution in [3.8, 4) is 11.3 Å². The van der Waals surface area contributed by atoms with Crippen molar-refractivity contribution < 1.29 is 8.98 Å². The van der Waals surface area contributed by atoms with Gasteiger partial charge in [0.1, 0.15) is 11.3 Å². The molecule has 1 fully saturated rings. The molecule has 0 saturated heterocycles. The summed E-state index contributed by atoms with van der Waals surface area (Å²) in [5, 5.41) is 3.67. The summed E-state index contributed by atoms with van der Waals surface area (Å²) in [6.45, 7) is 16.5. The molecule has 0 radical (unpaired) electrons. The van der Waals surface area contributed by atoms with Gasteiger partial charge in [-0.1, -0.05) is 88.8 Å². The normalized spacial score (nSPS) is 21.2. The average Bonchev–Trinajstić information content (AvgIpc) is 3.69. The second-order valence-corrected chi connectivity index (χ2v) is 19.5. The summed E-state index contributed by atoms with van der Waals surface area (Å²) in [6.07, 6.45) is 14.8. The van der Waals surface area contributed by atoms with Gasteiger partial charge in [-0.2, -0.15) is 4.57 Å². The van der Waals surface area contributed by atoms with Crippen LogP contribution in [0.2, 0.25) is 19.6 Å². The number of fused-ring (bicyclic) bond motifs is 11. The summed E-state index contributed by atoms with van der Waals surface area (Å²) < 4.78 is 8.99. The number of aromatic nitrogens is 2. The number of pyridine rings is 2. The Balaban J connectivity index is 1.34. The Morgan fingerprint density at radius 1 is 1.00 bits per heavy atom. The fourth-order valence-electron chi connectivity index (χ4n) is 8.49. The van der Waals surface area contributed by atoms with Gasteiger partial charge < -0.3 is 4.42 Å². The monoisotopic (exact) mass is 608 g/mol. The summed E-state index contributed by atoms with van der Waals surface area (Å²) in [5.41, 5.74) is 11.1. The van der Waals surface area contributed by atoms with Gasteiger partial charge >= 0.3 is 0 Å². The molecule has 5 aromatic rings. The molecule has 5 heteroatoms. The molecule has 4 nitrogen and oxygen atoms in total. The number of benzene rings is 2. The zero-order chi connectivity index (χ0) is 30.9. The molecule has 226 valence electrons. The first kappa shape index (κ1) is 28.4. The van der Waals surface area contributed by atoms with Crippen molar-refractivity contribution in [3.05, 3.63) is 114 Å². The highest BCUT2D eigenvalue weighted by atomic mass is 28.3. The van der Waals surface area contributed by atoms with Gasteiger partial charge in [-0.15, -0.1) is 0 Å². The zero-order valence-electron chi connectivity index (χ0n) is 26.8. The number of hydrogen-bond donors (Lipinski definition) is 0. The molecular weight excluding hydrogens is 567 g/mol. The number of aryl methyl sites for hydroxylation is 1. The van der Waals surface area contributed by atoms with Crippen molar-refractivity contribution in [2.45, 2.75) is 76.5 Å². The topological polar surface area (TPSA) is 42.3 Å². The van der Waals surface area contributed by atoms with E-state index < -0.39 is 8.07 Å². The van der Waals surface area contributed by atoms with E-state index in [2.05, 4.69) is 90.5 Å². The second kappa shape index (κ2) is 10.8. The van der Waals surface area contributed by atoms with Crippen molar-refractivity contribution >= 4 is 41.0 Å². The molecule has 2 aromatic carbocycles. The maximum Gasteiger partial charge on any atom is 0.227 e. The quantitative estimate of drug-likeness (QED) is 0.151. The Labute approximate surface area is 267 Å². The Kier molecular flexibility index (Phi) is 6.79. The van der Waals surface area contributed by atoms with E-state index in [9.17, 15) is 0 Å². The van der Waals surface area contributed by atoms with Crippen molar-refractivity contribution in [2.24, 2.45) is 10.9 Å². The van der Waals surface area contributed by atoms with Gasteiger partial charge in [0, 0.05) is 39.3 Å². The number of furan rings is 1. The summed E-state index contributed by atoms with van der Waals surface area (Å²) >= 11 is 0. The van der Waals surface area contributed by atoms with Crippen molar-refractivity contribution in [3.63, 3.8) is 0 Å². The predicted octanol–water partition coefficient (Wildman–Crippen LogP) is 8.99. The smallest absolute Gasteiger partial charge is 0.227 e. The Hall–Kier alpha value is -4.09. The van der Waals surface area contributed by atoms with E-state index in [-0.39, 0.29) is 12.0 Å². The highest BCUT2D eigenvalue weighted by Gasteiger charge is 2.44. The fourth-order valence-corrected chi connectivity index (χ4v) is 10.2. The van der Waals surface area contributed by atoms with Crippen molar-refractivity contribution in [2.75, 3.05) is 0 Å². The Bertz CT molecular complexity index is 2040. The van der Waals surface area contributed by atoms with Gasteiger partial charge in [0.25, 0.3) is 0 Å². The molecule has 3 aromatic heterocycles. The number of allylic oxidation sites excluding steroid dienone is 2. The first-order valence-corrected chi connectivity index (χ1v) is 20.2. The minimum Gasteiger partial charge on any atom is -0.437 e. The van der Waals surface area contributed by atoms with Crippen LogP contribution in [-0.4, -0.2) is 18.8 Å². The van der Waals surface area contributed by atoms with Crippen LogP contribution in [0.15, 0.2) is 101 Å². The van der Waals surface area contributed by atoms with Gasteiger partial charge in [-0.25, -0.2) is 9.98 Å². The van der Waals surface area contributed by atoms with E-state index >= 15 is 0 Å². The highest BCUT2D eigenvalue weighted by molar-refractivity contribution is 6.89. The van der Waals surface area contributed by atoms with E-state index in [0.717, 1.165) is 52.1 Å². The van der Waals surface area contributed by atoms with Gasteiger partial charge in [0.05, 0.1) is 19.7 Å². The largest absolute Gasteiger partial charge is 0.437 e. The lowest BCUT2D eigenvalue weighted by molar-refractivity contribution is -0.708. The fraction of sp³-hybridized carbons (Fsp3) is 0.325. The third-order valence-electron chi connectivity index (χ3n) is 10.6. The van der Waals surface area contributed by atoms with Crippen LogP contribution in [-0.2, 0) is 12.8 Å². The molecule has 1 aliphatic carbocycles. The van der Waals surface area contributed by atoms with Crippen molar-refractivity contribution in [1.82, 2.24) is 4.98 Å². The minimum absolute atomic E-state index is 0.0163. The van der Waals surface area contributed by atoms with Gasteiger partial charge in [0.2, 0.25) is 17.4 Å². The van der Waals surface area contributed by atoms with Crippen LogP contribution < -0.4 is 9.75 Å². The SMILES string of the molecule is C=C/C1=N/C(=C)C2C(CCc3ccc4c(oc5ncccc54)c31)c1ccccc1-c1cc(CC3CCCC3)c([Si](C)(C)C)c[n+]12. The first-order chi connectivity index (χ1) is 21.8. The molecule has 5 heterocycles. The van der Waals surface area contributed by atoms with Gasteiger partial charge in [0.15, 0.2) is 6.20 Å². The lowest BCUT2D eigenvalue weighted by atomic mass is 9.78. The summed E-state index contributed by atoms with van der Waals surface area (Å²) in [4.78, 5) is 9.86. The standard InChI is InChI=1S/C40H42N3OSi/c1-6-34-37-27(18-20-32-33-16-11-21-41-40(33)44-39(32)37)17-19-31-29-14-9-10-15-30(29)35-23-28(22-26-12-7-8-13-26)36(45(3,4)5)24-43(35)38(31)25(2)42-34/h6,9-11,14-16,18,20-21,23-24,26,31,38H,1-2,7-8,12-13,17,19,22H2,3-5H3/q+1/b42-34-. The van der Waals surface area contributed by atoms with Crippen LogP contribution in [0.1, 0.15) is 66.3 Å². The molecule has 2 aliphatic heterocycles. The highest BCUT2D eigenvalue weighted by Crippen LogP contribution is 2.45. The molecule has 0 spiro atoms. The van der Waals surface area contributed by atoms with Crippen LogP contribution in [0.5, 0.6) is 0 Å². The Morgan fingerprint density at radius 3 is 2.62 bits per heavy atom. The second-order valence-electron chi connectivity index (χ2n) is 14.4. The van der Waals surface area contributed by atoms with Crippen LogP contribution >= 0.6 is 0 Å². The van der Waals surface area contributed by atoms with E-state index in [1.165, 1.54) is 54.5 Å². The number of nitrogens with zero attached hydrogens (tertiary/aromatic N) is 3. The molecule has 0 N–H and O–H groups in total. The van der Waals surface area contributed by atoms with Gasteiger partial charge in [-0.3, -0.25) is 0 Å². The Morgan fingerprint density at radius 2 is 1.82 bits per heavy atom. The van der Waals surface area contributed by atoms with E-state index in [4.69, 9.17) is 16.0 Å². The molecule has 0 bridgehead atoms. The van der Waals surface area contributed by atoms with Crippen LogP contribution in [0.4, 0.5) is 0 Å². The molecule has 1 saturated carbocycles. The molecule has 2 unspecified atom stereocenters. The number of rotatable bonds is 4. The molecule has 0 amide bonds. The number of aliphatic imine (C=N–C) groups is 1. The predicted molar refractivity (Wildman–Crippen MR) is 188 cm³/mol. The van der Waals surface area contributed by atoms with Crippen LogP contribution in [0.3, 0.4) is 0 Å². The maximum atomic E-state index is 6.44. The molecule has 3 aliphatic rings. The van der Waals surface area contributed by atoms with E-state index in [0.29, 0.717) is 5.71 Å². The summed E-state index contributed by atoms with van der Waals surface area (Å²) in [7, 11) is -1.65. The van der Waals surface area contributed by atoms with Crippen LogP contribution in [0, 0.1) is 5.92 Å². The third-order valence-corrected chi connectivity index (χ3v) is 12.7. The average molecular weight is 609 g/mol. The lowest BCUT2D eigenvalue weighted by Gasteiger charge is -2.32. The van der Waals surface area contributed by atoms with E-state index in [1.54, 1.807) is 16.9 Å². The molecule has 45 heavy (non-hydrogen) atoms. The first-order valence-electron chi connectivity index (χ1n) is 16.7. The van der Waals surface area contributed by atoms with Gasteiger partial charge in [-0.05, 0) is 66.1 Å². The van der Waals surface area contributed by atoms with Crippen molar-refractivity contribution in [1.29, 1.82) is 0 Å². The van der Waals surface area contributed by atoms with E-state index in [1.807, 2.05) is 12.1 Å². The van der Waals surface area contributed by atoms with Crippen LogP contribution in [0.25, 0.3) is 33.3 Å². The molecule has 2 atom stereocenters.